The number of sulfonamides is 1. The predicted octanol–water partition coefficient (Wildman–Crippen LogP) is 2.01. The van der Waals surface area contributed by atoms with E-state index in [2.05, 4.69) is 10.0 Å². The first-order chi connectivity index (χ1) is 10.0. The van der Waals surface area contributed by atoms with Gasteiger partial charge in [-0.2, -0.15) is 0 Å². The summed E-state index contributed by atoms with van der Waals surface area (Å²) in [6.07, 6.45) is 4.30. The quantitative estimate of drug-likeness (QED) is 0.810. The van der Waals surface area contributed by atoms with Crippen LogP contribution in [0.4, 0.5) is 4.39 Å². The lowest BCUT2D eigenvalue weighted by molar-refractivity contribution is 0.468. The van der Waals surface area contributed by atoms with Gasteiger partial charge < -0.3 is 5.32 Å². The minimum Gasteiger partial charge on any atom is -0.316 e. The molecule has 1 aromatic carbocycles. The van der Waals surface area contributed by atoms with E-state index in [9.17, 15) is 12.8 Å². The molecule has 6 heteroatoms. The van der Waals surface area contributed by atoms with Gasteiger partial charge in [-0.15, -0.1) is 0 Å². The third kappa shape index (κ3) is 3.44. The van der Waals surface area contributed by atoms with Gasteiger partial charge in [-0.25, -0.2) is 17.5 Å². The van der Waals surface area contributed by atoms with Gasteiger partial charge in [-0.3, -0.25) is 0 Å². The third-order valence-corrected chi connectivity index (χ3v) is 5.69. The van der Waals surface area contributed by atoms with E-state index in [0.717, 1.165) is 31.2 Å². The smallest absolute Gasteiger partial charge is 0.243 e. The van der Waals surface area contributed by atoms with Gasteiger partial charge in [-0.1, -0.05) is 6.07 Å². The van der Waals surface area contributed by atoms with E-state index >= 15 is 0 Å². The molecule has 2 saturated carbocycles. The second kappa shape index (κ2) is 5.66. The first-order valence-electron chi connectivity index (χ1n) is 7.46. The maximum Gasteiger partial charge on any atom is 0.243 e. The predicted molar refractivity (Wildman–Crippen MR) is 78.7 cm³/mol. The molecule has 0 radical (unpaired) electrons. The molecule has 0 amide bonds. The Kier molecular flexibility index (Phi) is 4.03. The molecule has 0 aliphatic heterocycles. The summed E-state index contributed by atoms with van der Waals surface area (Å²) >= 11 is 0. The molecule has 2 fully saturated rings. The van der Waals surface area contributed by atoms with E-state index in [4.69, 9.17) is 0 Å². The van der Waals surface area contributed by atoms with Crippen molar-refractivity contribution in [2.45, 2.75) is 43.2 Å². The summed E-state index contributed by atoms with van der Waals surface area (Å²) in [6.45, 7) is 0.511. The molecule has 2 aliphatic rings. The molecule has 2 N–H and O–H groups in total. The maximum absolute atomic E-state index is 13.9. The fourth-order valence-electron chi connectivity index (χ4n) is 2.80. The van der Waals surface area contributed by atoms with Crippen LogP contribution in [0.5, 0.6) is 0 Å². The SMILES string of the molecule is CNCc1ccc(F)c(S(=O)(=O)NC(C2CC2)C2CC2)c1. The van der Waals surface area contributed by atoms with Gasteiger partial charge in [0.1, 0.15) is 10.7 Å². The highest BCUT2D eigenvalue weighted by molar-refractivity contribution is 7.89. The molecular weight excluding hydrogens is 291 g/mol. The van der Waals surface area contributed by atoms with Crippen LogP contribution >= 0.6 is 0 Å². The van der Waals surface area contributed by atoms with Gasteiger partial charge in [0.2, 0.25) is 10.0 Å². The van der Waals surface area contributed by atoms with Crippen molar-refractivity contribution >= 4 is 10.0 Å². The van der Waals surface area contributed by atoms with Crippen LogP contribution in [-0.2, 0) is 16.6 Å². The molecule has 0 aromatic heterocycles. The monoisotopic (exact) mass is 312 g/mol. The lowest BCUT2D eigenvalue weighted by Crippen LogP contribution is -2.38. The molecule has 0 unspecified atom stereocenters. The molecule has 3 rings (SSSR count). The fourth-order valence-corrected chi connectivity index (χ4v) is 4.30. The van der Waals surface area contributed by atoms with Crippen molar-refractivity contribution in [1.29, 1.82) is 0 Å². The Morgan fingerprint density at radius 3 is 2.38 bits per heavy atom. The highest BCUT2D eigenvalue weighted by Crippen LogP contribution is 2.45. The minimum absolute atomic E-state index is 0.0117. The molecular formula is C15H21FN2O2S. The third-order valence-electron chi connectivity index (χ3n) is 4.22. The van der Waals surface area contributed by atoms with Crippen molar-refractivity contribution in [3.8, 4) is 0 Å². The summed E-state index contributed by atoms with van der Waals surface area (Å²) in [6, 6.07) is 4.24. The van der Waals surface area contributed by atoms with Crippen LogP contribution in [0.3, 0.4) is 0 Å². The summed E-state index contributed by atoms with van der Waals surface area (Å²) in [5.74, 6) is 0.194. The second-order valence-electron chi connectivity index (χ2n) is 6.12. The molecule has 116 valence electrons. The number of rotatable bonds is 7. The molecule has 0 bridgehead atoms. The zero-order chi connectivity index (χ0) is 15.0. The Bertz CT molecular complexity index is 613. The number of hydrogen-bond acceptors (Lipinski definition) is 3. The summed E-state index contributed by atoms with van der Waals surface area (Å²) in [7, 11) is -2.02. The molecule has 21 heavy (non-hydrogen) atoms. The number of hydrogen-bond donors (Lipinski definition) is 2. The number of halogens is 1. The standard InChI is InChI=1S/C15H21FN2O2S/c1-17-9-10-2-7-13(16)14(8-10)21(19,20)18-15(11-3-4-11)12-5-6-12/h2,7-8,11-12,15,17-18H,3-6,9H2,1H3. The Morgan fingerprint density at radius 1 is 1.24 bits per heavy atom. The van der Waals surface area contributed by atoms with Crippen molar-refractivity contribution < 1.29 is 12.8 Å². The summed E-state index contributed by atoms with van der Waals surface area (Å²) < 4.78 is 41.7. The zero-order valence-corrected chi connectivity index (χ0v) is 12.9. The van der Waals surface area contributed by atoms with Gasteiger partial charge in [0, 0.05) is 12.6 Å². The van der Waals surface area contributed by atoms with Crippen LogP contribution in [-0.4, -0.2) is 21.5 Å². The van der Waals surface area contributed by atoms with Crippen molar-refractivity contribution in [2.75, 3.05) is 7.05 Å². The summed E-state index contributed by atoms with van der Waals surface area (Å²) in [4.78, 5) is -0.235. The van der Waals surface area contributed by atoms with Gasteiger partial charge in [0.05, 0.1) is 0 Å². The van der Waals surface area contributed by atoms with Gasteiger partial charge in [0.25, 0.3) is 0 Å². The van der Waals surface area contributed by atoms with Crippen LogP contribution < -0.4 is 10.0 Å². The Balaban J connectivity index is 1.84. The Labute approximate surface area is 125 Å². The molecule has 1 aromatic rings. The Morgan fingerprint density at radius 2 is 1.86 bits per heavy atom. The van der Waals surface area contributed by atoms with Crippen LogP contribution in [0.2, 0.25) is 0 Å². The topological polar surface area (TPSA) is 58.2 Å². The van der Waals surface area contributed by atoms with Crippen molar-refractivity contribution in [3.05, 3.63) is 29.6 Å². The molecule has 0 saturated heterocycles. The molecule has 0 atom stereocenters. The van der Waals surface area contributed by atoms with E-state index < -0.39 is 15.8 Å². The van der Waals surface area contributed by atoms with E-state index in [-0.39, 0.29) is 10.9 Å². The largest absolute Gasteiger partial charge is 0.316 e. The first-order valence-corrected chi connectivity index (χ1v) is 8.95. The van der Waals surface area contributed by atoms with E-state index in [1.54, 1.807) is 13.1 Å². The summed E-state index contributed by atoms with van der Waals surface area (Å²) in [5.41, 5.74) is 0.758. The van der Waals surface area contributed by atoms with Crippen LogP contribution in [0.1, 0.15) is 31.2 Å². The van der Waals surface area contributed by atoms with Gasteiger partial charge in [-0.05, 0) is 62.3 Å². The van der Waals surface area contributed by atoms with E-state index in [0.29, 0.717) is 18.4 Å². The lowest BCUT2D eigenvalue weighted by atomic mass is 10.1. The van der Waals surface area contributed by atoms with Gasteiger partial charge in [0.15, 0.2) is 0 Å². The number of benzene rings is 1. The van der Waals surface area contributed by atoms with Crippen molar-refractivity contribution in [3.63, 3.8) is 0 Å². The lowest BCUT2D eigenvalue weighted by Gasteiger charge is -2.18. The fraction of sp³-hybridized carbons (Fsp3) is 0.600. The molecule has 4 nitrogen and oxygen atoms in total. The second-order valence-corrected chi connectivity index (χ2v) is 7.80. The zero-order valence-electron chi connectivity index (χ0n) is 12.1. The highest BCUT2D eigenvalue weighted by Gasteiger charge is 2.43. The molecule has 0 spiro atoms. The van der Waals surface area contributed by atoms with Gasteiger partial charge >= 0.3 is 0 Å². The van der Waals surface area contributed by atoms with E-state index in [1.165, 1.54) is 12.1 Å². The highest BCUT2D eigenvalue weighted by atomic mass is 32.2. The summed E-state index contributed by atoms with van der Waals surface area (Å²) in [5, 5.41) is 2.94. The Hall–Kier alpha value is -0.980. The average molecular weight is 312 g/mol. The minimum atomic E-state index is -3.79. The van der Waals surface area contributed by atoms with Crippen LogP contribution in [0.25, 0.3) is 0 Å². The average Bonchev–Trinajstić information content (AvgIpc) is 3.30. The van der Waals surface area contributed by atoms with Crippen molar-refractivity contribution in [2.24, 2.45) is 11.8 Å². The number of nitrogens with one attached hydrogen (secondary N) is 2. The van der Waals surface area contributed by atoms with Crippen molar-refractivity contribution in [1.82, 2.24) is 10.0 Å². The molecule has 0 heterocycles. The normalized spacial score (nSPS) is 19.2. The van der Waals surface area contributed by atoms with E-state index in [1.807, 2.05) is 0 Å². The maximum atomic E-state index is 13.9. The first kappa shape index (κ1) is 14.9. The van der Waals surface area contributed by atoms with Crippen LogP contribution in [0.15, 0.2) is 23.1 Å². The molecule has 2 aliphatic carbocycles. The van der Waals surface area contributed by atoms with Crippen LogP contribution in [0, 0.1) is 17.7 Å².